The van der Waals surface area contributed by atoms with Crippen molar-refractivity contribution in [1.29, 1.82) is 0 Å². The van der Waals surface area contributed by atoms with Crippen LogP contribution in [0.25, 0.3) is 0 Å². The van der Waals surface area contributed by atoms with Gasteiger partial charge in [-0.2, -0.15) is 17.5 Å². The van der Waals surface area contributed by atoms with Gasteiger partial charge in [0.2, 0.25) is 10.0 Å². The van der Waals surface area contributed by atoms with E-state index in [2.05, 4.69) is 0 Å². The Kier molecular flexibility index (Phi) is 5.63. The number of sulfonamides is 1. The highest BCUT2D eigenvalue weighted by Crippen LogP contribution is 2.29. The molecule has 1 amide bonds. The number of nitrogens with zero attached hydrogens (tertiary/aromatic N) is 2. The molecule has 0 saturated carbocycles. The average molecular weight is 434 g/mol. The second-order valence-electron chi connectivity index (χ2n) is 6.35. The molecule has 29 heavy (non-hydrogen) atoms. The summed E-state index contributed by atoms with van der Waals surface area (Å²) in [6.45, 7) is -0.174. The van der Waals surface area contributed by atoms with Gasteiger partial charge in [0.05, 0.1) is 10.5 Å². The summed E-state index contributed by atoms with van der Waals surface area (Å²) in [6, 6.07) is 5.99. The molecule has 1 aliphatic rings. The molecule has 0 atom stereocenters. The molecule has 1 fully saturated rings. The van der Waals surface area contributed by atoms with E-state index in [0.29, 0.717) is 12.1 Å². The van der Waals surface area contributed by atoms with E-state index in [1.54, 1.807) is 0 Å². The molecule has 5 nitrogen and oxygen atoms in total. The van der Waals surface area contributed by atoms with Crippen molar-refractivity contribution in [1.82, 2.24) is 9.21 Å². The van der Waals surface area contributed by atoms with Crippen LogP contribution < -0.4 is 0 Å². The van der Waals surface area contributed by atoms with Gasteiger partial charge in [-0.15, -0.1) is 0 Å². The first-order valence-electron chi connectivity index (χ1n) is 8.42. The quantitative estimate of drug-likeness (QED) is 0.698. The Morgan fingerprint density at radius 1 is 0.862 bits per heavy atom. The minimum atomic E-state index is -4.51. The molecule has 0 unspecified atom stereocenters. The SMILES string of the molecule is O=C(c1ccc(C(F)(F)F)cc1)N1CCN(S(=O)(=O)c2ccc(F)c(F)c2)CC1. The van der Waals surface area contributed by atoms with Crippen molar-refractivity contribution in [3.63, 3.8) is 0 Å². The Morgan fingerprint density at radius 3 is 1.97 bits per heavy atom. The summed E-state index contributed by atoms with van der Waals surface area (Å²) in [6.07, 6.45) is -4.51. The van der Waals surface area contributed by atoms with Gasteiger partial charge in [0, 0.05) is 31.7 Å². The third-order valence-corrected chi connectivity index (χ3v) is 6.41. The number of benzene rings is 2. The van der Waals surface area contributed by atoms with Crippen molar-refractivity contribution in [2.45, 2.75) is 11.1 Å². The summed E-state index contributed by atoms with van der Waals surface area (Å²) in [7, 11) is -4.07. The van der Waals surface area contributed by atoms with Gasteiger partial charge in [0.15, 0.2) is 11.6 Å². The molecule has 2 aromatic rings. The summed E-state index contributed by atoms with van der Waals surface area (Å²) < 4.78 is 90.4. The number of halogens is 5. The van der Waals surface area contributed by atoms with Crippen molar-refractivity contribution in [3.8, 4) is 0 Å². The minimum absolute atomic E-state index is 0.00274. The fourth-order valence-corrected chi connectivity index (χ4v) is 4.34. The normalized spacial score (nSPS) is 16.1. The number of rotatable bonds is 3. The van der Waals surface area contributed by atoms with Crippen LogP contribution in [-0.4, -0.2) is 49.7 Å². The number of hydrogen-bond donors (Lipinski definition) is 0. The van der Waals surface area contributed by atoms with Gasteiger partial charge >= 0.3 is 6.18 Å². The zero-order valence-electron chi connectivity index (χ0n) is 14.8. The molecule has 0 radical (unpaired) electrons. The molecule has 2 aromatic carbocycles. The van der Waals surface area contributed by atoms with E-state index in [1.807, 2.05) is 0 Å². The zero-order valence-corrected chi connectivity index (χ0v) is 15.6. The molecular weight excluding hydrogens is 419 g/mol. The van der Waals surface area contributed by atoms with E-state index in [0.717, 1.165) is 34.6 Å². The molecule has 0 N–H and O–H groups in total. The molecule has 0 bridgehead atoms. The van der Waals surface area contributed by atoms with Crippen molar-refractivity contribution in [2.75, 3.05) is 26.2 Å². The van der Waals surface area contributed by atoms with Crippen molar-refractivity contribution >= 4 is 15.9 Å². The number of piperazine rings is 1. The maximum absolute atomic E-state index is 13.4. The Morgan fingerprint density at radius 2 is 1.45 bits per heavy atom. The van der Waals surface area contributed by atoms with Gasteiger partial charge in [-0.1, -0.05) is 0 Å². The standard InChI is InChI=1S/C18H15F5N2O3S/c19-15-6-5-14(11-16(15)20)29(27,28)25-9-7-24(8-10-25)17(26)12-1-3-13(4-2-12)18(21,22)23/h1-6,11H,7-10H2. The van der Waals surface area contributed by atoms with Gasteiger partial charge in [0.25, 0.3) is 5.91 Å². The lowest BCUT2D eigenvalue weighted by atomic mass is 10.1. The Hall–Kier alpha value is -2.53. The summed E-state index contributed by atoms with van der Waals surface area (Å²) >= 11 is 0. The maximum Gasteiger partial charge on any atom is 0.416 e. The summed E-state index contributed by atoms with van der Waals surface area (Å²) in [5.74, 6) is -2.98. The molecule has 1 heterocycles. The van der Waals surface area contributed by atoms with Gasteiger partial charge in [-0.3, -0.25) is 4.79 Å². The van der Waals surface area contributed by atoms with E-state index in [4.69, 9.17) is 0 Å². The van der Waals surface area contributed by atoms with E-state index < -0.39 is 44.2 Å². The van der Waals surface area contributed by atoms with Crippen LogP contribution in [0.3, 0.4) is 0 Å². The average Bonchev–Trinajstić information content (AvgIpc) is 2.69. The third kappa shape index (κ3) is 4.40. The number of amides is 1. The van der Waals surface area contributed by atoms with Crippen LogP contribution in [0.4, 0.5) is 22.0 Å². The van der Waals surface area contributed by atoms with Crippen LogP contribution in [-0.2, 0) is 16.2 Å². The third-order valence-electron chi connectivity index (χ3n) is 4.51. The summed E-state index contributed by atoms with van der Waals surface area (Å²) in [5, 5.41) is 0. The second kappa shape index (κ2) is 7.71. The maximum atomic E-state index is 13.4. The molecule has 11 heteroatoms. The van der Waals surface area contributed by atoms with Crippen molar-refractivity contribution in [2.24, 2.45) is 0 Å². The lowest BCUT2D eigenvalue weighted by Gasteiger charge is -2.34. The largest absolute Gasteiger partial charge is 0.416 e. The van der Waals surface area contributed by atoms with Crippen LogP contribution in [0.2, 0.25) is 0 Å². The van der Waals surface area contributed by atoms with E-state index in [9.17, 15) is 35.2 Å². The first kappa shape index (κ1) is 21.2. The first-order chi connectivity index (χ1) is 13.5. The zero-order chi connectivity index (χ0) is 21.4. The molecule has 0 aromatic heterocycles. The summed E-state index contributed by atoms with van der Waals surface area (Å²) in [4.78, 5) is 13.4. The molecular formula is C18H15F5N2O3S. The Bertz CT molecular complexity index is 1010. The number of hydrogen-bond acceptors (Lipinski definition) is 3. The van der Waals surface area contributed by atoms with Crippen LogP contribution in [0.15, 0.2) is 47.4 Å². The minimum Gasteiger partial charge on any atom is -0.336 e. The highest BCUT2D eigenvalue weighted by Gasteiger charge is 2.32. The number of alkyl halides is 3. The highest BCUT2D eigenvalue weighted by molar-refractivity contribution is 7.89. The predicted octanol–water partition coefficient (Wildman–Crippen LogP) is 3.13. The fraction of sp³-hybridized carbons (Fsp3) is 0.278. The van der Waals surface area contributed by atoms with Gasteiger partial charge < -0.3 is 4.90 Å². The van der Waals surface area contributed by atoms with E-state index in [1.165, 1.54) is 4.90 Å². The topological polar surface area (TPSA) is 57.7 Å². The Labute approximate surface area is 163 Å². The van der Waals surface area contributed by atoms with Gasteiger partial charge in [0.1, 0.15) is 0 Å². The van der Waals surface area contributed by atoms with Crippen LogP contribution in [0.5, 0.6) is 0 Å². The predicted molar refractivity (Wildman–Crippen MR) is 92.5 cm³/mol. The molecule has 0 aliphatic carbocycles. The monoisotopic (exact) mass is 434 g/mol. The number of carbonyl (C=O) groups is 1. The van der Waals surface area contributed by atoms with Crippen molar-refractivity contribution < 1.29 is 35.2 Å². The van der Waals surface area contributed by atoms with Crippen molar-refractivity contribution in [3.05, 3.63) is 65.2 Å². The summed E-state index contributed by atoms with van der Waals surface area (Å²) in [5.41, 5.74) is -0.827. The first-order valence-corrected chi connectivity index (χ1v) is 9.86. The Balaban J connectivity index is 1.68. The lowest BCUT2D eigenvalue weighted by molar-refractivity contribution is -0.137. The van der Waals surface area contributed by atoms with Gasteiger partial charge in [-0.25, -0.2) is 17.2 Å². The molecule has 0 spiro atoms. The molecule has 1 saturated heterocycles. The van der Waals surface area contributed by atoms with Crippen LogP contribution in [0, 0.1) is 11.6 Å². The van der Waals surface area contributed by atoms with E-state index in [-0.39, 0.29) is 31.7 Å². The second-order valence-corrected chi connectivity index (χ2v) is 8.29. The van der Waals surface area contributed by atoms with Crippen LogP contribution >= 0.6 is 0 Å². The molecule has 156 valence electrons. The molecule has 1 aliphatic heterocycles. The number of carbonyl (C=O) groups excluding carboxylic acids is 1. The van der Waals surface area contributed by atoms with E-state index >= 15 is 0 Å². The molecule has 3 rings (SSSR count). The lowest BCUT2D eigenvalue weighted by Crippen LogP contribution is -2.50. The van der Waals surface area contributed by atoms with Gasteiger partial charge in [-0.05, 0) is 42.5 Å². The fourth-order valence-electron chi connectivity index (χ4n) is 2.90. The smallest absolute Gasteiger partial charge is 0.336 e. The van der Waals surface area contributed by atoms with Crippen LogP contribution in [0.1, 0.15) is 15.9 Å². The highest BCUT2D eigenvalue weighted by atomic mass is 32.2.